The predicted molar refractivity (Wildman–Crippen MR) is 96.0 cm³/mol. The van der Waals surface area contributed by atoms with Crippen LogP contribution in [0, 0.1) is 0 Å². The highest BCUT2D eigenvalue weighted by Crippen LogP contribution is 2.31. The zero-order valence-electron chi connectivity index (χ0n) is 15.1. The van der Waals surface area contributed by atoms with Crippen LogP contribution in [-0.2, 0) is 19.6 Å². The standard InChI is InChI=1S/C18H30ClNO3/c1-17(2,13-9-14(19)11-15(20)10-13)7-8-23-18(3,4)12-16(21-5)22-6/h9-11,16H,7-8,12,20H2,1-6H3. The van der Waals surface area contributed by atoms with Crippen LogP contribution >= 0.6 is 11.6 Å². The molecule has 0 heterocycles. The van der Waals surface area contributed by atoms with E-state index in [1.807, 2.05) is 26.0 Å². The SMILES string of the molecule is COC(CC(C)(C)OCCC(C)(C)c1cc(N)cc(Cl)c1)OC. The number of halogens is 1. The quantitative estimate of drug-likeness (QED) is 0.533. The molecule has 0 spiro atoms. The second kappa shape index (κ2) is 8.34. The van der Waals surface area contributed by atoms with Gasteiger partial charge < -0.3 is 19.9 Å². The molecule has 2 N–H and O–H groups in total. The fourth-order valence-electron chi connectivity index (χ4n) is 2.45. The summed E-state index contributed by atoms with van der Waals surface area (Å²) in [6.45, 7) is 9.06. The monoisotopic (exact) mass is 343 g/mol. The number of nitrogen functional groups attached to an aromatic ring is 1. The van der Waals surface area contributed by atoms with E-state index in [1.165, 1.54) is 0 Å². The summed E-state index contributed by atoms with van der Waals surface area (Å²) in [4.78, 5) is 0. The molecule has 0 bridgehead atoms. The summed E-state index contributed by atoms with van der Waals surface area (Å²) in [5, 5.41) is 0.664. The average molecular weight is 344 g/mol. The molecule has 0 atom stereocenters. The van der Waals surface area contributed by atoms with Gasteiger partial charge in [0, 0.05) is 38.0 Å². The normalized spacial score (nSPS) is 12.9. The first-order chi connectivity index (χ1) is 10.6. The summed E-state index contributed by atoms with van der Waals surface area (Å²) in [6, 6.07) is 5.70. The van der Waals surface area contributed by atoms with Crippen molar-refractivity contribution >= 4 is 17.3 Å². The number of rotatable bonds is 9. The fourth-order valence-corrected chi connectivity index (χ4v) is 2.70. The molecule has 0 fully saturated rings. The molecule has 0 radical (unpaired) electrons. The molecule has 1 rings (SSSR count). The second-order valence-electron chi connectivity index (χ2n) is 7.12. The van der Waals surface area contributed by atoms with Gasteiger partial charge in [-0.3, -0.25) is 0 Å². The Morgan fingerprint density at radius 1 is 1.09 bits per heavy atom. The molecule has 1 aromatic carbocycles. The first kappa shape index (κ1) is 20.2. The van der Waals surface area contributed by atoms with Crippen LogP contribution in [0.25, 0.3) is 0 Å². The van der Waals surface area contributed by atoms with Crippen LogP contribution < -0.4 is 5.73 Å². The molecule has 0 saturated carbocycles. The predicted octanol–water partition coefficient (Wildman–Crippen LogP) is 4.39. The van der Waals surface area contributed by atoms with Crippen molar-refractivity contribution in [2.24, 2.45) is 0 Å². The maximum absolute atomic E-state index is 6.11. The molecule has 1 aromatic rings. The summed E-state index contributed by atoms with van der Waals surface area (Å²) < 4.78 is 16.6. The molecular weight excluding hydrogens is 314 g/mol. The highest BCUT2D eigenvalue weighted by atomic mass is 35.5. The first-order valence-electron chi connectivity index (χ1n) is 7.86. The van der Waals surface area contributed by atoms with E-state index in [9.17, 15) is 0 Å². The summed E-state index contributed by atoms with van der Waals surface area (Å²) >= 11 is 6.11. The Morgan fingerprint density at radius 3 is 2.22 bits per heavy atom. The fraction of sp³-hybridized carbons (Fsp3) is 0.667. The van der Waals surface area contributed by atoms with Crippen LogP contribution in [0.3, 0.4) is 0 Å². The molecule has 132 valence electrons. The molecule has 0 amide bonds. The topological polar surface area (TPSA) is 53.7 Å². The maximum atomic E-state index is 6.11. The van der Waals surface area contributed by atoms with Gasteiger partial charge in [0.05, 0.1) is 5.60 Å². The minimum Gasteiger partial charge on any atom is -0.399 e. The zero-order chi connectivity index (χ0) is 17.7. The largest absolute Gasteiger partial charge is 0.399 e. The minimum atomic E-state index is -0.319. The maximum Gasteiger partial charge on any atom is 0.159 e. The van der Waals surface area contributed by atoms with Gasteiger partial charge in [-0.25, -0.2) is 0 Å². The lowest BCUT2D eigenvalue weighted by Gasteiger charge is -2.31. The van der Waals surface area contributed by atoms with Crippen LogP contribution in [0.2, 0.25) is 5.02 Å². The van der Waals surface area contributed by atoms with E-state index >= 15 is 0 Å². The van der Waals surface area contributed by atoms with Gasteiger partial charge in [-0.05, 0) is 49.4 Å². The molecular formula is C18H30ClNO3. The zero-order valence-corrected chi connectivity index (χ0v) is 15.9. The Hall–Kier alpha value is -0.810. The Balaban J connectivity index is 2.62. The van der Waals surface area contributed by atoms with Gasteiger partial charge in [0.2, 0.25) is 0 Å². The van der Waals surface area contributed by atoms with E-state index in [4.69, 9.17) is 31.5 Å². The van der Waals surface area contributed by atoms with Crippen LogP contribution in [-0.4, -0.2) is 32.7 Å². The molecule has 0 unspecified atom stereocenters. The molecule has 5 heteroatoms. The van der Waals surface area contributed by atoms with Gasteiger partial charge in [0.1, 0.15) is 0 Å². The lowest BCUT2D eigenvalue weighted by atomic mass is 9.81. The van der Waals surface area contributed by atoms with E-state index in [1.54, 1.807) is 20.3 Å². The van der Waals surface area contributed by atoms with Gasteiger partial charge in [0.15, 0.2) is 6.29 Å². The third-order valence-corrected chi connectivity index (χ3v) is 4.32. The Bertz CT molecular complexity index is 479. The van der Waals surface area contributed by atoms with Crippen molar-refractivity contribution in [2.75, 3.05) is 26.6 Å². The van der Waals surface area contributed by atoms with Gasteiger partial charge in [-0.1, -0.05) is 25.4 Å². The minimum absolute atomic E-state index is 0.0724. The molecule has 0 aliphatic rings. The van der Waals surface area contributed by atoms with Crippen LogP contribution in [0.4, 0.5) is 5.69 Å². The van der Waals surface area contributed by atoms with E-state index in [-0.39, 0.29) is 17.3 Å². The number of anilines is 1. The average Bonchev–Trinajstić information content (AvgIpc) is 2.43. The highest BCUT2D eigenvalue weighted by Gasteiger charge is 2.26. The van der Waals surface area contributed by atoms with Crippen molar-refractivity contribution in [1.82, 2.24) is 0 Å². The molecule has 0 aliphatic heterocycles. The van der Waals surface area contributed by atoms with Crippen LogP contribution in [0.5, 0.6) is 0 Å². The number of ether oxygens (including phenoxy) is 3. The molecule has 4 nitrogen and oxygen atoms in total. The van der Waals surface area contributed by atoms with E-state index in [2.05, 4.69) is 13.8 Å². The first-order valence-corrected chi connectivity index (χ1v) is 8.23. The smallest absolute Gasteiger partial charge is 0.159 e. The Labute approximate surface area is 145 Å². The number of hydrogen-bond acceptors (Lipinski definition) is 4. The van der Waals surface area contributed by atoms with Gasteiger partial charge in [-0.2, -0.15) is 0 Å². The number of hydrogen-bond donors (Lipinski definition) is 1. The highest BCUT2D eigenvalue weighted by molar-refractivity contribution is 6.30. The summed E-state index contributed by atoms with van der Waals surface area (Å²) in [5.74, 6) is 0. The van der Waals surface area contributed by atoms with Gasteiger partial charge in [-0.15, -0.1) is 0 Å². The lowest BCUT2D eigenvalue weighted by Crippen LogP contribution is -2.33. The lowest BCUT2D eigenvalue weighted by molar-refractivity contribution is -0.150. The molecule has 0 aromatic heterocycles. The van der Waals surface area contributed by atoms with Crippen molar-refractivity contribution in [2.45, 2.75) is 57.8 Å². The van der Waals surface area contributed by atoms with Crippen molar-refractivity contribution in [1.29, 1.82) is 0 Å². The van der Waals surface area contributed by atoms with Gasteiger partial charge >= 0.3 is 0 Å². The van der Waals surface area contributed by atoms with Crippen LogP contribution in [0.1, 0.15) is 46.1 Å². The number of benzene rings is 1. The van der Waals surface area contributed by atoms with Crippen LogP contribution in [0.15, 0.2) is 18.2 Å². The molecule has 23 heavy (non-hydrogen) atoms. The number of nitrogens with two attached hydrogens (primary N) is 1. The van der Waals surface area contributed by atoms with Gasteiger partial charge in [0.25, 0.3) is 0 Å². The van der Waals surface area contributed by atoms with E-state index in [0.29, 0.717) is 23.7 Å². The van der Waals surface area contributed by atoms with Crippen molar-refractivity contribution < 1.29 is 14.2 Å². The van der Waals surface area contributed by atoms with E-state index in [0.717, 1.165) is 12.0 Å². The third kappa shape index (κ3) is 6.68. The molecule has 0 saturated heterocycles. The summed E-state index contributed by atoms with van der Waals surface area (Å²) in [6.07, 6.45) is 1.27. The number of methoxy groups -OCH3 is 2. The van der Waals surface area contributed by atoms with Crippen molar-refractivity contribution in [3.05, 3.63) is 28.8 Å². The second-order valence-corrected chi connectivity index (χ2v) is 7.56. The summed E-state index contributed by atoms with van der Waals surface area (Å²) in [7, 11) is 3.27. The third-order valence-electron chi connectivity index (χ3n) is 4.11. The Kier molecular flexibility index (Phi) is 7.33. The molecule has 0 aliphatic carbocycles. The Morgan fingerprint density at radius 2 is 1.70 bits per heavy atom. The summed E-state index contributed by atoms with van der Waals surface area (Å²) in [5.41, 5.74) is 7.31. The van der Waals surface area contributed by atoms with Crippen molar-refractivity contribution in [3.63, 3.8) is 0 Å². The van der Waals surface area contributed by atoms with Crippen molar-refractivity contribution in [3.8, 4) is 0 Å². The van der Waals surface area contributed by atoms with E-state index < -0.39 is 0 Å².